The smallest absolute Gasteiger partial charge is 0.258 e. The first-order valence-electron chi connectivity index (χ1n) is 7.32. The van der Waals surface area contributed by atoms with Crippen molar-refractivity contribution >= 4 is 5.65 Å². The molecule has 1 saturated heterocycles. The molecule has 0 spiro atoms. The second-order valence-electron chi connectivity index (χ2n) is 6.37. The topological polar surface area (TPSA) is 57.8 Å². The summed E-state index contributed by atoms with van der Waals surface area (Å²) in [5.41, 5.74) is 1.80. The van der Waals surface area contributed by atoms with Crippen molar-refractivity contribution in [3.8, 4) is 0 Å². The molecule has 0 radical (unpaired) electrons. The third-order valence-electron chi connectivity index (χ3n) is 4.39. The van der Waals surface area contributed by atoms with Crippen molar-refractivity contribution in [1.29, 1.82) is 0 Å². The highest BCUT2D eigenvalue weighted by Crippen LogP contribution is 2.29. The fourth-order valence-electron chi connectivity index (χ4n) is 2.82. The second-order valence-corrected chi connectivity index (χ2v) is 6.37. The quantitative estimate of drug-likeness (QED) is 0.922. The number of aromatic nitrogens is 2. The molecule has 3 rings (SSSR count). The van der Waals surface area contributed by atoms with Crippen LogP contribution in [0, 0.1) is 12.8 Å². The standard InChI is InChI=1S/C16H21N3O2/c1-11(2)16(21)9-18(10-16)8-13-7-14(20)19-6-4-5-12(3)15(19)17-13/h4-7,11,21H,8-10H2,1-3H3. The van der Waals surface area contributed by atoms with Gasteiger partial charge in [0.2, 0.25) is 0 Å². The Labute approximate surface area is 123 Å². The Morgan fingerprint density at radius 3 is 2.81 bits per heavy atom. The summed E-state index contributed by atoms with van der Waals surface area (Å²) in [5, 5.41) is 10.3. The molecule has 5 heteroatoms. The number of aryl methyl sites for hydroxylation is 1. The monoisotopic (exact) mass is 287 g/mol. The lowest BCUT2D eigenvalue weighted by Gasteiger charge is -2.49. The zero-order valence-electron chi connectivity index (χ0n) is 12.7. The number of nitrogens with zero attached hydrogens (tertiary/aromatic N) is 3. The molecule has 112 valence electrons. The molecule has 0 atom stereocenters. The number of β-amino-alcohol motifs (C(OH)–C–C–N with tert-alkyl or cyclic N) is 1. The van der Waals surface area contributed by atoms with Crippen LogP contribution in [-0.4, -0.2) is 38.1 Å². The molecule has 2 aromatic rings. The van der Waals surface area contributed by atoms with Crippen LogP contribution in [0.3, 0.4) is 0 Å². The maximum Gasteiger partial charge on any atom is 0.258 e. The van der Waals surface area contributed by atoms with E-state index in [-0.39, 0.29) is 11.5 Å². The van der Waals surface area contributed by atoms with Crippen LogP contribution in [0.1, 0.15) is 25.1 Å². The van der Waals surface area contributed by atoms with E-state index in [1.54, 1.807) is 16.7 Å². The van der Waals surface area contributed by atoms with E-state index in [4.69, 9.17) is 0 Å². The molecule has 0 aromatic carbocycles. The molecule has 1 N–H and O–H groups in total. The predicted octanol–water partition coefficient (Wildman–Crippen LogP) is 1.21. The SMILES string of the molecule is Cc1cccn2c(=O)cc(CN3CC(O)(C(C)C)C3)nc12. The Balaban J connectivity index is 1.84. The van der Waals surface area contributed by atoms with E-state index in [2.05, 4.69) is 9.88 Å². The van der Waals surface area contributed by atoms with E-state index in [0.717, 1.165) is 11.3 Å². The van der Waals surface area contributed by atoms with Gasteiger partial charge in [-0.1, -0.05) is 19.9 Å². The van der Waals surface area contributed by atoms with Gasteiger partial charge in [-0.25, -0.2) is 4.98 Å². The van der Waals surface area contributed by atoms with E-state index in [1.165, 1.54) is 0 Å². The minimum Gasteiger partial charge on any atom is -0.387 e. The van der Waals surface area contributed by atoms with Crippen molar-refractivity contribution in [2.75, 3.05) is 13.1 Å². The van der Waals surface area contributed by atoms with Crippen LogP contribution in [0.2, 0.25) is 0 Å². The fourth-order valence-corrected chi connectivity index (χ4v) is 2.82. The van der Waals surface area contributed by atoms with Crippen molar-refractivity contribution in [2.45, 2.75) is 32.9 Å². The molecule has 1 fully saturated rings. The van der Waals surface area contributed by atoms with Crippen LogP contribution in [0.4, 0.5) is 0 Å². The summed E-state index contributed by atoms with van der Waals surface area (Å²) in [6, 6.07) is 5.38. The van der Waals surface area contributed by atoms with Gasteiger partial charge in [-0.15, -0.1) is 0 Å². The van der Waals surface area contributed by atoms with Gasteiger partial charge in [-0.05, 0) is 24.5 Å². The van der Waals surface area contributed by atoms with Gasteiger partial charge in [0.15, 0.2) is 0 Å². The van der Waals surface area contributed by atoms with Crippen molar-refractivity contribution in [2.24, 2.45) is 5.92 Å². The Hall–Kier alpha value is -1.72. The summed E-state index contributed by atoms with van der Waals surface area (Å²) in [6.07, 6.45) is 1.74. The van der Waals surface area contributed by atoms with Crippen molar-refractivity contribution in [3.63, 3.8) is 0 Å². The maximum absolute atomic E-state index is 12.1. The molecule has 1 aliphatic heterocycles. The molecule has 5 nitrogen and oxygen atoms in total. The Morgan fingerprint density at radius 1 is 1.43 bits per heavy atom. The van der Waals surface area contributed by atoms with Crippen molar-refractivity contribution in [1.82, 2.24) is 14.3 Å². The van der Waals surface area contributed by atoms with E-state index in [9.17, 15) is 9.90 Å². The zero-order chi connectivity index (χ0) is 15.2. The predicted molar refractivity (Wildman–Crippen MR) is 81.3 cm³/mol. The second kappa shape index (κ2) is 4.93. The molecule has 3 heterocycles. The Kier molecular flexibility index (Phi) is 3.34. The molecule has 0 bridgehead atoms. The Bertz CT molecular complexity index is 730. The van der Waals surface area contributed by atoms with Crippen LogP contribution in [0.25, 0.3) is 5.65 Å². The summed E-state index contributed by atoms with van der Waals surface area (Å²) >= 11 is 0. The third-order valence-corrected chi connectivity index (χ3v) is 4.39. The molecule has 0 aliphatic carbocycles. The summed E-state index contributed by atoms with van der Waals surface area (Å²) in [7, 11) is 0. The lowest BCUT2D eigenvalue weighted by molar-refractivity contribution is -0.131. The zero-order valence-corrected chi connectivity index (χ0v) is 12.7. The average molecular weight is 287 g/mol. The lowest BCUT2D eigenvalue weighted by atomic mass is 9.83. The van der Waals surface area contributed by atoms with E-state index in [0.29, 0.717) is 25.3 Å². The number of likely N-dealkylation sites (tertiary alicyclic amines) is 1. The number of fused-ring (bicyclic) bond motifs is 1. The lowest BCUT2D eigenvalue weighted by Crippen LogP contribution is -2.63. The van der Waals surface area contributed by atoms with Crippen LogP contribution in [0.15, 0.2) is 29.2 Å². The van der Waals surface area contributed by atoms with Crippen LogP contribution < -0.4 is 5.56 Å². The first-order chi connectivity index (χ1) is 9.89. The molecule has 0 unspecified atom stereocenters. The number of rotatable bonds is 3. The molecular weight excluding hydrogens is 266 g/mol. The van der Waals surface area contributed by atoms with Gasteiger partial charge in [0, 0.05) is 31.9 Å². The molecule has 2 aromatic heterocycles. The minimum atomic E-state index is -0.595. The van der Waals surface area contributed by atoms with Crippen LogP contribution in [0.5, 0.6) is 0 Å². The molecular formula is C16H21N3O2. The van der Waals surface area contributed by atoms with Gasteiger partial charge in [-0.3, -0.25) is 14.1 Å². The molecule has 1 aliphatic rings. The van der Waals surface area contributed by atoms with Crippen molar-refractivity contribution in [3.05, 3.63) is 46.0 Å². The Morgan fingerprint density at radius 2 is 2.14 bits per heavy atom. The highest BCUT2D eigenvalue weighted by atomic mass is 16.3. The minimum absolute atomic E-state index is 0.0571. The molecule has 0 amide bonds. The maximum atomic E-state index is 12.1. The number of hydrogen-bond donors (Lipinski definition) is 1. The first kappa shape index (κ1) is 14.2. The molecule has 21 heavy (non-hydrogen) atoms. The number of hydrogen-bond acceptors (Lipinski definition) is 4. The summed E-state index contributed by atoms with van der Waals surface area (Å²) < 4.78 is 1.57. The highest BCUT2D eigenvalue weighted by Gasteiger charge is 2.43. The number of aliphatic hydroxyl groups is 1. The summed E-state index contributed by atoms with van der Waals surface area (Å²) in [6.45, 7) is 7.89. The third kappa shape index (κ3) is 2.47. The van der Waals surface area contributed by atoms with Gasteiger partial charge in [0.1, 0.15) is 5.65 Å². The van der Waals surface area contributed by atoms with Gasteiger partial charge in [-0.2, -0.15) is 0 Å². The first-order valence-corrected chi connectivity index (χ1v) is 7.32. The fraction of sp³-hybridized carbons (Fsp3) is 0.500. The van der Waals surface area contributed by atoms with E-state index < -0.39 is 5.60 Å². The number of pyridine rings is 1. The largest absolute Gasteiger partial charge is 0.387 e. The van der Waals surface area contributed by atoms with Crippen LogP contribution in [-0.2, 0) is 6.54 Å². The van der Waals surface area contributed by atoms with E-state index in [1.807, 2.05) is 32.9 Å². The van der Waals surface area contributed by atoms with Gasteiger partial charge in [0.25, 0.3) is 5.56 Å². The highest BCUT2D eigenvalue weighted by molar-refractivity contribution is 5.46. The van der Waals surface area contributed by atoms with E-state index >= 15 is 0 Å². The van der Waals surface area contributed by atoms with Crippen LogP contribution >= 0.6 is 0 Å². The normalized spacial score (nSPS) is 18.1. The summed E-state index contributed by atoms with van der Waals surface area (Å²) in [5.74, 6) is 0.242. The van der Waals surface area contributed by atoms with Gasteiger partial charge in [0.05, 0.1) is 11.3 Å². The van der Waals surface area contributed by atoms with Gasteiger partial charge >= 0.3 is 0 Å². The molecule has 0 saturated carbocycles. The summed E-state index contributed by atoms with van der Waals surface area (Å²) in [4.78, 5) is 18.8. The van der Waals surface area contributed by atoms with Gasteiger partial charge < -0.3 is 5.11 Å². The average Bonchev–Trinajstić information content (AvgIpc) is 2.38. The van der Waals surface area contributed by atoms with Crippen molar-refractivity contribution < 1.29 is 5.11 Å².